The summed E-state index contributed by atoms with van der Waals surface area (Å²) in [7, 11) is 0. The molecule has 4 N–H and O–H groups in total. The third kappa shape index (κ3) is 18.8. The minimum Gasteiger partial charge on any atom is -0.461 e. The van der Waals surface area contributed by atoms with Crippen molar-refractivity contribution in [3.05, 3.63) is 35.9 Å². The van der Waals surface area contributed by atoms with Crippen LogP contribution in [0.25, 0.3) is 0 Å². The number of hydrogen-bond acceptors (Lipinski definition) is 10. The lowest BCUT2D eigenvalue weighted by Crippen LogP contribution is -2.55. The first-order chi connectivity index (χ1) is 20.6. The van der Waals surface area contributed by atoms with Crippen molar-refractivity contribution >= 4 is 35.9 Å². The molecule has 1 aromatic carbocycles. The number of ether oxygens (including phenoxy) is 4. The fourth-order valence-corrected chi connectivity index (χ4v) is 3.42. The molecule has 0 heterocycles. The van der Waals surface area contributed by atoms with Crippen LogP contribution < -0.4 is 21.3 Å². The molecule has 0 aliphatic heterocycles. The molecule has 0 fully saturated rings. The van der Waals surface area contributed by atoms with Crippen molar-refractivity contribution in [3.8, 4) is 0 Å². The summed E-state index contributed by atoms with van der Waals surface area (Å²) < 4.78 is 21.0. The number of nitrogens with one attached hydrogen (secondary N) is 4. The van der Waals surface area contributed by atoms with Crippen molar-refractivity contribution in [2.75, 3.05) is 13.1 Å². The zero-order valence-corrected chi connectivity index (χ0v) is 27.7. The van der Waals surface area contributed by atoms with Crippen molar-refractivity contribution in [2.24, 2.45) is 0 Å². The highest BCUT2D eigenvalue weighted by atomic mass is 16.6. The first kappa shape index (κ1) is 38.7. The van der Waals surface area contributed by atoms with Crippen molar-refractivity contribution in [1.82, 2.24) is 21.3 Å². The highest BCUT2D eigenvalue weighted by molar-refractivity contribution is 5.90. The summed E-state index contributed by atoms with van der Waals surface area (Å²) in [5.41, 5.74) is -1.75. The third-order valence-corrected chi connectivity index (χ3v) is 5.18. The van der Waals surface area contributed by atoms with Crippen LogP contribution >= 0.6 is 0 Å². The monoisotopic (exact) mass is 636 g/mol. The lowest BCUT2D eigenvalue weighted by molar-refractivity contribution is -0.157. The Morgan fingerprint density at radius 1 is 0.689 bits per heavy atom. The van der Waals surface area contributed by atoms with Crippen LogP contribution in [0, 0.1) is 0 Å². The number of benzene rings is 1. The molecule has 0 spiro atoms. The second kappa shape index (κ2) is 17.2. The SMILES string of the molecule is CC(C)(C)OC(=O)CNC(=O)[C@H](CCC(=O)OCc1ccccc1)NC(=O)NC[C@H](NC(=O)OC(C)(C)C)C(=O)OC(C)(C)C. The Kier molecular flexibility index (Phi) is 14.8. The zero-order valence-electron chi connectivity index (χ0n) is 27.7. The Labute approximate surface area is 264 Å². The number of esters is 3. The molecule has 1 rings (SSSR count). The molecule has 0 aromatic heterocycles. The third-order valence-electron chi connectivity index (χ3n) is 5.18. The van der Waals surface area contributed by atoms with Gasteiger partial charge in [-0.1, -0.05) is 30.3 Å². The van der Waals surface area contributed by atoms with E-state index in [9.17, 15) is 28.8 Å². The summed E-state index contributed by atoms with van der Waals surface area (Å²) in [6, 6.07) is 5.48. The summed E-state index contributed by atoms with van der Waals surface area (Å²) in [4.78, 5) is 75.5. The molecule has 0 saturated heterocycles. The predicted octanol–water partition coefficient (Wildman–Crippen LogP) is 2.87. The molecule has 252 valence electrons. The predicted molar refractivity (Wildman–Crippen MR) is 164 cm³/mol. The van der Waals surface area contributed by atoms with E-state index in [1.165, 1.54) is 0 Å². The smallest absolute Gasteiger partial charge is 0.408 e. The van der Waals surface area contributed by atoms with Crippen LogP contribution in [0.5, 0.6) is 0 Å². The maximum Gasteiger partial charge on any atom is 0.408 e. The maximum atomic E-state index is 13.0. The van der Waals surface area contributed by atoms with Gasteiger partial charge in [-0.2, -0.15) is 0 Å². The number of hydrogen-bond donors (Lipinski definition) is 4. The average molecular weight is 637 g/mol. The Balaban J connectivity index is 2.93. The minimum atomic E-state index is -1.34. The number of carbonyl (C=O) groups excluding carboxylic acids is 6. The molecule has 0 bridgehead atoms. The maximum absolute atomic E-state index is 13.0. The van der Waals surface area contributed by atoms with Gasteiger partial charge in [0.1, 0.15) is 42.0 Å². The molecule has 1 aromatic rings. The van der Waals surface area contributed by atoms with Gasteiger partial charge in [0.2, 0.25) is 5.91 Å². The van der Waals surface area contributed by atoms with Gasteiger partial charge < -0.3 is 40.2 Å². The number of alkyl carbamates (subject to hydrolysis) is 1. The average Bonchev–Trinajstić information content (AvgIpc) is 2.88. The lowest BCUT2D eigenvalue weighted by atomic mass is 10.1. The number of carbonyl (C=O) groups is 6. The molecule has 4 amide bonds. The highest BCUT2D eigenvalue weighted by Crippen LogP contribution is 2.11. The molecule has 14 nitrogen and oxygen atoms in total. The second-order valence-corrected chi connectivity index (χ2v) is 13.1. The van der Waals surface area contributed by atoms with E-state index in [1.807, 2.05) is 6.07 Å². The van der Waals surface area contributed by atoms with E-state index in [0.29, 0.717) is 0 Å². The molecular weight excluding hydrogens is 588 g/mol. The molecule has 45 heavy (non-hydrogen) atoms. The summed E-state index contributed by atoms with van der Waals surface area (Å²) in [6.45, 7) is 14.0. The van der Waals surface area contributed by atoms with E-state index in [2.05, 4.69) is 21.3 Å². The van der Waals surface area contributed by atoms with Crippen LogP contribution in [-0.2, 0) is 44.7 Å². The Morgan fingerprint density at radius 3 is 1.82 bits per heavy atom. The van der Waals surface area contributed by atoms with E-state index < -0.39 is 77.9 Å². The zero-order chi connectivity index (χ0) is 34.4. The van der Waals surface area contributed by atoms with Crippen LogP contribution in [-0.4, -0.2) is 77.9 Å². The molecule has 0 aliphatic carbocycles. The standard InChI is InChI=1S/C31H48N4O10/c1-29(2,3)43-24(37)18-32-25(38)21(15-16-23(36)42-19-20-13-11-10-12-14-20)34-27(40)33-17-22(26(39)44-30(4,5)6)35-28(41)45-31(7,8)9/h10-14,21-22H,15-19H2,1-9H3,(H,32,38)(H,35,41)(H2,33,34,40)/t21-,22-/m0/s1. The molecule has 0 radical (unpaired) electrons. The second-order valence-electron chi connectivity index (χ2n) is 13.1. The summed E-state index contributed by atoms with van der Waals surface area (Å²) >= 11 is 0. The number of amides is 4. The van der Waals surface area contributed by atoms with Crippen molar-refractivity contribution in [3.63, 3.8) is 0 Å². The highest BCUT2D eigenvalue weighted by Gasteiger charge is 2.30. The molecule has 0 unspecified atom stereocenters. The fraction of sp³-hybridized carbons (Fsp3) is 0.613. The molecule has 0 saturated carbocycles. The Hall–Kier alpha value is -4.36. The molecular formula is C31H48N4O10. The summed E-state index contributed by atoms with van der Waals surface area (Å²) in [5.74, 6) is -2.91. The fourth-order valence-electron chi connectivity index (χ4n) is 3.42. The Bertz CT molecular complexity index is 1170. The Morgan fingerprint density at radius 2 is 1.27 bits per heavy atom. The first-order valence-corrected chi connectivity index (χ1v) is 14.6. The van der Waals surface area contributed by atoms with Crippen LogP contribution in [0.3, 0.4) is 0 Å². The normalized spacial score (nSPS) is 12.9. The molecule has 0 aliphatic rings. The van der Waals surface area contributed by atoms with Gasteiger partial charge in [0.05, 0.1) is 6.54 Å². The summed E-state index contributed by atoms with van der Waals surface area (Å²) in [6.07, 6.45) is -1.32. The van der Waals surface area contributed by atoms with Crippen molar-refractivity contribution < 1.29 is 47.7 Å². The van der Waals surface area contributed by atoms with Crippen molar-refractivity contribution in [2.45, 2.75) is 111 Å². The van der Waals surface area contributed by atoms with Gasteiger partial charge in [0.15, 0.2) is 0 Å². The summed E-state index contributed by atoms with van der Waals surface area (Å²) in [5, 5.41) is 9.63. The van der Waals surface area contributed by atoms with Gasteiger partial charge in [-0.05, 0) is 74.3 Å². The minimum absolute atomic E-state index is 0.0276. The van der Waals surface area contributed by atoms with Gasteiger partial charge >= 0.3 is 30.0 Å². The number of rotatable bonds is 13. The van der Waals surface area contributed by atoms with Gasteiger partial charge in [-0.25, -0.2) is 14.4 Å². The quantitative estimate of drug-likeness (QED) is 0.185. The van der Waals surface area contributed by atoms with E-state index in [-0.39, 0.29) is 19.4 Å². The van der Waals surface area contributed by atoms with E-state index in [4.69, 9.17) is 18.9 Å². The first-order valence-electron chi connectivity index (χ1n) is 14.6. The van der Waals surface area contributed by atoms with E-state index >= 15 is 0 Å². The van der Waals surface area contributed by atoms with Gasteiger partial charge in [0.25, 0.3) is 0 Å². The van der Waals surface area contributed by atoms with Crippen LogP contribution in [0.1, 0.15) is 80.7 Å². The lowest BCUT2D eigenvalue weighted by Gasteiger charge is -2.26. The largest absolute Gasteiger partial charge is 0.461 e. The number of urea groups is 1. The van der Waals surface area contributed by atoms with Crippen molar-refractivity contribution in [1.29, 1.82) is 0 Å². The van der Waals surface area contributed by atoms with Gasteiger partial charge in [-0.15, -0.1) is 0 Å². The molecule has 2 atom stereocenters. The van der Waals surface area contributed by atoms with E-state index in [1.54, 1.807) is 86.6 Å². The van der Waals surface area contributed by atoms with Crippen LogP contribution in [0.4, 0.5) is 9.59 Å². The topological polar surface area (TPSA) is 187 Å². The van der Waals surface area contributed by atoms with Crippen LogP contribution in [0.15, 0.2) is 30.3 Å². The molecule has 14 heteroatoms. The van der Waals surface area contributed by atoms with Gasteiger partial charge in [0, 0.05) is 6.42 Å². The van der Waals surface area contributed by atoms with E-state index in [0.717, 1.165) is 5.56 Å². The van der Waals surface area contributed by atoms with Crippen LogP contribution in [0.2, 0.25) is 0 Å². The van der Waals surface area contributed by atoms with Gasteiger partial charge in [-0.3, -0.25) is 14.4 Å².